The van der Waals surface area contributed by atoms with Gasteiger partial charge in [-0.2, -0.15) is 5.10 Å². The van der Waals surface area contributed by atoms with Crippen molar-refractivity contribution in [3.63, 3.8) is 0 Å². The van der Waals surface area contributed by atoms with Crippen LogP contribution in [0.25, 0.3) is 0 Å². The van der Waals surface area contributed by atoms with Crippen LogP contribution in [0.1, 0.15) is 35.5 Å². The summed E-state index contributed by atoms with van der Waals surface area (Å²) in [6.45, 7) is 6.28. The summed E-state index contributed by atoms with van der Waals surface area (Å²) in [7, 11) is 4.04. The van der Waals surface area contributed by atoms with Gasteiger partial charge in [-0.25, -0.2) is 0 Å². The van der Waals surface area contributed by atoms with E-state index in [-0.39, 0.29) is 12.1 Å². The summed E-state index contributed by atoms with van der Waals surface area (Å²) in [6.07, 6.45) is 0.480. The molecular formula is C16H25N7O. The molecule has 1 N–H and O–H groups in total. The number of aliphatic hydroxyl groups is 1. The first-order chi connectivity index (χ1) is 11.5. The van der Waals surface area contributed by atoms with E-state index in [1.54, 1.807) is 0 Å². The first kappa shape index (κ1) is 15.7. The molecular weight excluding hydrogens is 306 g/mol. The summed E-state index contributed by atoms with van der Waals surface area (Å²) in [5.74, 6) is 2.02. The maximum Gasteiger partial charge on any atom is 0.150 e. The average molecular weight is 331 g/mol. The van der Waals surface area contributed by atoms with Crippen molar-refractivity contribution >= 4 is 0 Å². The highest BCUT2D eigenvalue weighted by Gasteiger charge is 2.34. The molecule has 130 valence electrons. The van der Waals surface area contributed by atoms with Gasteiger partial charge in [-0.1, -0.05) is 0 Å². The summed E-state index contributed by atoms with van der Waals surface area (Å²) in [6, 6.07) is 2.31. The Balaban J connectivity index is 1.50. The van der Waals surface area contributed by atoms with Crippen LogP contribution >= 0.6 is 0 Å². The maximum atomic E-state index is 9.89. The van der Waals surface area contributed by atoms with E-state index >= 15 is 0 Å². The number of aromatic nitrogens is 5. The molecule has 4 heterocycles. The highest BCUT2D eigenvalue weighted by atomic mass is 16.3. The number of likely N-dealkylation sites (N-methyl/N-ethyl adjacent to an activating group) is 1. The van der Waals surface area contributed by atoms with Crippen molar-refractivity contribution in [2.45, 2.75) is 45.1 Å². The number of β-amino-alcohol motifs (C(OH)–C–C–N with tert-alkyl or cyclic N) is 1. The fraction of sp³-hybridized carbons (Fsp3) is 0.688. The number of aliphatic hydroxyl groups excluding tert-OH is 1. The third-order valence-corrected chi connectivity index (χ3v) is 5.17. The minimum atomic E-state index is -0.263. The zero-order valence-electron chi connectivity index (χ0n) is 14.6. The van der Waals surface area contributed by atoms with Crippen molar-refractivity contribution < 1.29 is 5.11 Å². The molecule has 0 radical (unpaired) electrons. The smallest absolute Gasteiger partial charge is 0.150 e. The van der Waals surface area contributed by atoms with E-state index in [2.05, 4.69) is 35.7 Å². The molecule has 1 fully saturated rings. The highest BCUT2D eigenvalue weighted by molar-refractivity contribution is 5.10. The second-order valence-corrected chi connectivity index (χ2v) is 7.08. The largest absolute Gasteiger partial charge is 0.392 e. The molecule has 2 aliphatic heterocycles. The predicted molar refractivity (Wildman–Crippen MR) is 88.1 cm³/mol. The summed E-state index contributed by atoms with van der Waals surface area (Å²) < 4.78 is 4.19. The van der Waals surface area contributed by atoms with Crippen molar-refractivity contribution in [3.8, 4) is 0 Å². The molecule has 2 aromatic rings. The lowest BCUT2D eigenvalue weighted by atomic mass is 10.2. The van der Waals surface area contributed by atoms with Crippen LogP contribution in [0.3, 0.4) is 0 Å². The van der Waals surface area contributed by atoms with Gasteiger partial charge in [0.2, 0.25) is 0 Å². The third-order valence-electron chi connectivity index (χ3n) is 5.17. The van der Waals surface area contributed by atoms with Crippen molar-refractivity contribution in [1.82, 2.24) is 34.3 Å². The molecule has 0 saturated carbocycles. The van der Waals surface area contributed by atoms with Crippen LogP contribution in [0.5, 0.6) is 0 Å². The van der Waals surface area contributed by atoms with Gasteiger partial charge in [0, 0.05) is 33.2 Å². The van der Waals surface area contributed by atoms with E-state index in [0.717, 1.165) is 49.9 Å². The van der Waals surface area contributed by atoms with Gasteiger partial charge in [0.25, 0.3) is 0 Å². The highest BCUT2D eigenvalue weighted by Crippen LogP contribution is 2.30. The summed E-state index contributed by atoms with van der Waals surface area (Å²) in [4.78, 5) is 4.56. The lowest BCUT2D eigenvalue weighted by Crippen LogP contribution is -2.35. The van der Waals surface area contributed by atoms with Gasteiger partial charge in [-0.05, 0) is 26.5 Å². The molecule has 1 saturated heterocycles. The number of hydrogen-bond acceptors (Lipinski definition) is 6. The molecule has 4 rings (SSSR count). The molecule has 0 aliphatic carbocycles. The Hall–Kier alpha value is -1.77. The number of hydrogen-bond donors (Lipinski definition) is 1. The van der Waals surface area contributed by atoms with Crippen LogP contribution in [0.15, 0.2) is 6.07 Å². The van der Waals surface area contributed by atoms with Crippen molar-refractivity contribution in [3.05, 3.63) is 29.1 Å². The number of fused-ring (bicyclic) bond motifs is 1. The van der Waals surface area contributed by atoms with Crippen LogP contribution in [0, 0.1) is 6.92 Å². The van der Waals surface area contributed by atoms with E-state index in [0.29, 0.717) is 6.54 Å². The van der Waals surface area contributed by atoms with Crippen LogP contribution in [-0.2, 0) is 26.7 Å². The number of likely N-dealkylation sites (tertiary alicyclic amines) is 1. The summed E-state index contributed by atoms with van der Waals surface area (Å²) in [5, 5.41) is 23.2. The van der Waals surface area contributed by atoms with Crippen LogP contribution in [0.2, 0.25) is 0 Å². The predicted octanol–water partition coefficient (Wildman–Crippen LogP) is 0.0733. The normalized spacial score (nSPS) is 25.3. The minimum absolute atomic E-state index is 0.174. The van der Waals surface area contributed by atoms with E-state index < -0.39 is 0 Å². The summed E-state index contributed by atoms with van der Waals surface area (Å²) in [5.41, 5.74) is 2.28. The topological polar surface area (TPSA) is 75.2 Å². The molecule has 0 aromatic carbocycles. The molecule has 0 bridgehead atoms. The van der Waals surface area contributed by atoms with Crippen molar-refractivity contribution in [1.29, 1.82) is 0 Å². The zero-order chi connectivity index (χ0) is 16.8. The van der Waals surface area contributed by atoms with Gasteiger partial charge < -0.3 is 9.67 Å². The van der Waals surface area contributed by atoms with Crippen LogP contribution in [-0.4, -0.2) is 65.7 Å². The fourth-order valence-corrected chi connectivity index (χ4v) is 3.93. The van der Waals surface area contributed by atoms with E-state index in [4.69, 9.17) is 0 Å². The molecule has 2 aromatic heterocycles. The Morgan fingerprint density at radius 1 is 1.25 bits per heavy atom. The number of aryl methyl sites for hydroxylation is 2. The van der Waals surface area contributed by atoms with Gasteiger partial charge in [-0.15, -0.1) is 10.2 Å². The van der Waals surface area contributed by atoms with Gasteiger partial charge in [0.15, 0.2) is 5.82 Å². The monoisotopic (exact) mass is 331 g/mol. The number of rotatable bonds is 3. The van der Waals surface area contributed by atoms with E-state index in [1.807, 2.05) is 25.7 Å². The van der Waals surface area contributed by atoms with Crippen molar-refractivity contribution in [2.24, 2.45) is 7.05 Å². The standard InChI is InChI=1S/C16H25N7O/c1-11-6-12(21(3)19-11)8-22-4-5-23-15(10-22)17-18-16(23)14-7-13(24)9-20(14)2/h6,13-14,24H,4-5,7-10H2,1-3H3. The summed E-state index contributed by atoms with van der Waals surface area (Å²) >= 11 is 0. The van der Waals surface area contributed by atoms with Gasteiger partial charge in [-0.3, -0.25) is 14.5 Å². The Bertz CT molecular complexity index is 737. The van der Waals surface area contributed by atoms with Crippen LogP contribution < -0.4 is 0 Å². The van der Waals surface area contributed by atoms with E-state index in [1.165, 1.54) is 5.69 Å². The third kappa shape index (κ3) is 2.74. The van der Waals surface area contributed by atoms with E-state index in [9.17, 15) is 5.11 Å². The SMILES string of the molecule is Cc1cc(CN2CCn3c(nnc3C3CC(O)CN3C)C2)n(C)n1. The van der Waals surface area contributed by atoms with Crippen molar-refractivity contribution in [2.75, 3.05) is 20.1 Å². The second-order valence-electron chi connectivity index (χ2n) is 7.08. The Labute approximate surface area is 141 Å². The first-order valence-electron chi connectivity index (χ1n) is 8.53. The molecule has 2 atom stereocenters. The lowest BCUT2D eigenvalue weighted by Gasteiger charge is -2.29. The average Bonchev–Trinajstić information content (AvgIpc) is 3.17. The van der Waals surface area contributed by atoms with Gasteiger partial charge >= 0.3 is 0 Å². The zero-order valence-corrected chi connectivity index (χ0v) is 14.6. The molecule has 2 aliphatic rings. The second kappa shape index (κ2) is 5.94. The first-order valence-corrected chi connectivity index (χ1v) is 8.53. The maximum absolute atomic E-state index is 9.89. The fourth-order valence-electron chi connectivity index (χ4n) is 3.93. The Morgan fingerprint density at radius 3 is 2.75 bits per heavy atom. The molecule has 8 nitrogen and oxygen atoms in total. The number of nitrogens with zero attached hydrogens (tertiary/aromatic N) is 7. The van der Waals surface area contributed by atoms with Crippen LogP contribution in [0.4, 0.5) is 0 Å². The molecule has 0 spiro atoms. The Morgan fingerprint density at radius 2 is 2.08 bits per heavy atom. The molecule has 8 heteroatoms. The lowest BCUT2D eigenvalue weighted by molar-refractivity contribution is 0.182. The molecule has 24 heavy (non-hydrogen) atoms. The van der Waals surface area contributed by atoms with Gasteiger partial charge in [0.05, 0.1) is 30.1 Å². The van der Waals surface area contributed by atoms with Gasteiger partial charge in [0.1, 0.15) is 5.82 Å². The molecule has 2 unspecified atom stereocenters. The molecule has 0 amide bonds. The minimum Gasteiger partial charge on any atom is -0.392 e. The Kier molecular flexibility index (Phi) is 3.90. The quantitative estimate of drug-likeness (QED) is 0.858.